The molecule has 2 aliphatic heterocycles. The number of hydrogen-bond acceptors (Lipinski definition) is 10. The number of anilines is 12. The van der Waals surface area contributed by atoms with Crippen molar-refractivity contribution in [2.24, 2.45) is 0 Å². The van der Waals surface area contributed by atoms with Crippen molar-refractivity contribution >= 4 is 68.2 Å². The van der Waals surface area contributed by atoms with Crippen molar-refractivity contribution in [1.29, 1.82) is 0 Å². The van der Waals surface area contributed by atoms with Gasteiger partial charge in [0, 0.05) is 33.9 Å². The van der Waals surface area contributed by atoms with Crippen molar-refractivity contribution in [1.82, 2.24) is 29.9 Å². The van der Waals surface area contributed by atoms with Crippen LogP contribution in [0.1, 0.15) is 0 Å². The summed E-state index contributed by atoms with van der Waals surface area (Å²) in [5.74, 6) is 1.13. The molecule has 0 bridgehead atoms. The largest absolute Gasteiger partial charge is 0.306 e. The van der Waals surface area contributed by atoms with Crippen molar-refractivity contribution in [3.8, 4) is 33.9 Å². The number of rotatable bonds is 7. The second kappa shape index (κ2) is 15.5. The Kier molecular flexibility index (Phi) is 8.89. The number of hydrogen-bond donors (Lipinski definition) is 0. The molecule has 0 amide bonds. The Hall–Kier alpha value is -9.02. The molecule has 0 unspecified atom stereocenters. The zero-order valence-corrected chi connectivity index (χ0v) is 34.3. The molecule has 0 saturated carbocycles. The highest BCUT2D eigenvalue weighted by Gasteiger charge is 2.33. The van der Waals surface area contributed by atoms with E-state index in [-0.39, 0.29) is 0 Å². The molecule has 12 rings (SSSR count). The fourth-order valence-corrected chi connectivity index (χ4v) is 9.00. The van der Waals surface area contributed by atoms with Crippen LogP contribution < -0.4 is 19.6 Å². The molecule has 0 fully saturated rings. The molecule has 8 aromatic carbocycles. The van der Waals surface area contributed by atoms with Crippen LogP contribution in [0.4, 0.5) is 68.2 Å². The third kappa shape index (κ3) is 6.28. The van der Waals surface area contributed by atoms with Crippen LogP contribution in [0.25, 0.3) is 33.9 Å². The Morgan fingerprint density at radius 1 is 0.234 bits per heavy atom. The maximum absolute atomic E-state index is 4.66. The Morgan fingerprint density at radius 3 is 0.781 bits per heavy atom. The van der Waals surface area contributed by atoms with Crippen LogP contribution in [0.3, 0.4) is 0 Å². The maximum Gasteiger partial charge on any atom is 0.162 e. The fourth-order valence-electron chi connectivity index (χ4n) is 9.00. The van der Waals surface area contributed by atoms with Gasteiger partial charge in [0.25, 0.3) is 0 Å². The lowest BCUT2D eigenvalue weighted by atomic mass is 9.96. The molecular formula is C54H36N10. The van der Waals surface area contributed by atoms with Gasteiger partial charge in [0.15, 0.2) is 11.6 Å². The summed E-state index contributed by atoms with van der Waals surface area (Å²) in [6.45, 7) is 0. The zero-order chi connectivity index (χ0) is 42.4. The predicted molar refractivity (Wildman–Crippen MR) is 255 cm³/mol. The van der Waals surface area contributed by atoms with Crippen molar-refractivity contribution < 1.29 is 0 Å². The monoisotopic (exact) mass is 824 g/mol. The van der Waals surface area contributed by atoms with Crippen molar-refractivity contribution in [3.05, 3.63) is 219 Å². The lowest BCUT2D eigenvalue weighted by Gasteiger charge is -2.40. The molecule has 0 saturated heterocycles. The summed E-state index contributed by atoms with van der Waals surface area (Å²) < 4.78 is 0. The molecule has 0 spiro atoms. The van der Waals surface area contributed by atoms with E-state index < -0.39 is 0 Å². The van der Waals surface area contributed by atoms with Gasteiger partial charge >= 0.3 is 0 Å². The van der Waals surface area contributed by atoms with Gasteiger partial charge in [-0.05, 0) is 120 Å². The molecule has 2 aliphatic rings. The number of para-hydroxylation sites is 10. The van der Waals surface area contributed by atoms with Crippen LogP contribution in [0.5, 0.6) is 0 Å². The molecular weight excluding hydrogens is 789 g/mol. The smallest absolute Gasteiger partial charge is 0.162 e. The fraction of sp³-hybridized carbons (Fsp3) is 0. The van der Waals surface area contributed by atoms with Crippen LogP contribution in [0.2, 0.25) is 0 Å². The summed E-state index contributed by atoms with van der Waals surface area (Å²) in [4.78, 5) is 36.3. The molecule has 64 heavy (non-hydrogen) atoms. The Bertz CT molecular complexity index is 3000. The van der Waals surface area contributed by atoms with E-state index in [0.717, 1.165) is 90.5 Å². The molecule has 0 radical (unpaired) electrons. The molecule has 10 aromatic rings. The number of nitrogens with zero attached hydrogens (tertiary/aromatic N) is 10. The number of benzene rings is 8. The van der Waals surface area contributed by atoms with Gasteiger partial charge in [0.05, 0.1) is 45.5 Å². The third-order valence-corrected chi connectivity index (χ3v) is 11.7. The van der Waals surface area contributed by atoms with Gasteiger partial charge in [-0.15, -0.1) is 0 Å². The minimum atomic E-state index is 0.566. The highest BCUT2D eigenvalue weighted by Crippen LogP contribution is 2.56. The van der Waals surface area contributed by atoms with Gasteiger partial charge in [-0.25, -0.2) is 29.9 Å². The standard InChI is InChI=1S/C54H36N10/c1-3-15-41(16-4-1)61-45-19-7-11-23-49(45)63(50-24-12-8-20-46(50)61)43-29-37(27-39(31-43)53-57-33-55-34-58-53)38-28-40(54-59-35-56-36-60-54)32-44(30-38)64-51-25-13-9-21-47(51)62(42-17-5-2-6-18-42)48-22-10-14-26-52(48)64/h1-36H. The summed E-state index contributed by atoms with van der Waals surface area (Å²) >= 11 is 0. The number of aromatic nitrogens is 6. The van der Waals surface area contributed by atoms with E-state index in [2.05, 4.69) is 244 Å². The highest BCUT2D eigenvalue weighted by atomic mass is 15.3. The molecule has 2 aromatic heterocycles. The van der Waals surface area contributed by atoms with Crippen molar-refractivity contribution in [2.45, 2.75) is 0 Å². The van der Waals surface area contributed by atoms with Crippen LogP contribution in [-0.4, -0.2) is 29.9 Å². The zero-order valence-electron chi connectivity index (χ0n) is 34.3. The second-order valence-corrected chi connectivity index (χ2v) is 15.4. The topological polar surface area (TPSA) is 90.3 Å². The summed E-state index contributed by atoms with van der Waals surface area (Å²) in [6.07, 6.45) is 6.17. The van der Waals surface area contributed by atoms with E-state index in [0.29, 0.717) is 11.6 Å². The quantitative estimate of drug-likeness (QED) is 0.155. The first-order chi connectivity index (χ1) is 31.8. The van der Waals surface area contributed by atoms with E-state index in [9.17, 15) is 0 Å². The van der Waals surface area contributed by atoms with Gasteiger partial charge in [-0.1, -0.05) is 84.9 Å². The predicted octanol–water partition coefficient (Wildman–Crippen LogP) is 13.6. The van der Waals surface area contributed by atoms with Gasteiger partial charge < -0.3 is 19.6 Å². The molecule has 302 valence electrons. The van der Waals surface area contributed by atoms with Crippen molar-refractivity contribution in [3.63, 3.8) is 0 Å². The van der Waals surface area contributed by atoms with E-state index in [1.54, 1.807) is 25.3 Å². The minimum absolute atomic E-state index is 0.566. The number of fused-ring (bicyclic) bond motifs is 4. The Morgan fingerprint density at radius 2 is 0.484 bits per heavy atom. The first-order valence-corrected chi connectivity index (χ1v) is 21.0. The molecule has 10 nitrogen and oxygen atoms in total. The molecule has 0 aliphatic carbocycles. The summed E-state index contributed by atoms with van der Waals surface area (Å²) in [6, 6.07) is 68.4. The average Bonchev–Trinajstić information content (AvgIpc) is 3.38. The highest BCUT2D eigenvalue weighted by molar-refractivity contribution is 6.04. The third-order valence-electron chi connectivity index (χ3n) is 11.7. The van der Waals surface area contributed by atoms with E-state index in [4.69, 9.17) is 0 Å². The van der Waals surface area contributed by atoms with Crippen LogP contribution in [0.15, 0.2) is 219 Å². The van der Waals surface area contributed by atoms with Gasteiger partial charge in [0.1, 0.15) is 25.3 Å². The summed E-state index contributed by atoms with van der Waals surface area (Å²) in [7, 11) is 0. The first-order valence-electron chi connectivity index (χ1n) is 21.0. The first kappa shape index (κ1) is 36.8. The SMILES string of the molecule is c1ccc(N2c3ccccc3N(c3cc(-c4cc(-c5ncncn5)cc(N5c6ccccc6N(c6ccccc6)c6ccccc65)c4)cc(-c4ncncn4)c3)c3ccccc32)cc1. The Balaban J connectivity index is 1.09. The van der Waals surface area contributed by atoms with E-state index in [1.165, 1.54) is 0 Å². The van der Waals surface area contributed by atoms with Crippen molar-refractivity contribution in [2.75, 3.05) is 19.6 Å². The van der Waals surface area contributed by atoms with E-state index >= 15 is 0 Å². The normalized spacial score (nSPS) is 12.6. The van der Waals surface area contributed by atoms with Gasteiger partial charge in [-0.3, -0.25) is 0 Å². The minimum Gasteiger partial charge on any atom is -0.306 e. The molecule has 0 N–H and O–H groups in total. The average molecular weight is 825 g/mol. The molecule has 4 heterocycles. The summed E-state index contributed by atoms with van der Waals surface area (Å²) in [5, 5.41) is 0. The van der Waals surface area contributed by atoms with Crippen LogP contribution >= 0.6 is 0 Å². The Labute approximate surface area is 369 Å². The van der Waals surface area contributed by atoms with E-state index in [1.807, 2.05) is 0 Å². The lowest BCUT2D eigenvalue weighted by molar-refractivity contribution is 1.05. The summed E-state index contributed by atoms with van der Waals surface area (Å²) in [5.41, 5.74) is 16.0. The van der Waals surface area contributed by atoms with Gasteiger partial charge in [-0.2, -0.15) is 0 Å². The maximum atomic E-state index is 4.66. The second-order valence-electron chi connectivity index (χ2n) is 15.4. The lowest BCUT2D eigenvalue weighted by Crippen LogP contribution is -2.24. The molecule has 10 heteroatoms. The van der Waals surface area contributed by atoms with Crippen LogP contribution in [0, 0.1) is 0 Å². The van der Waals surface area contributed by atoms with Crippen LogP contribution in [-0.2, 0) is 0 Å². The van der Waals surface area contributed by atoms with Gasteiger partial charge in [0.2, 0.25) is 0 Å². The molecule has 0 atom stereocenters.